The summed E-state index contributed by atoms with van der Waals surface area (Å²) in [6.07, 6.45) is 1.61. The Kier molecular flexibility index (Phi) is 1.31. The van der Waals surface area contributed by atoms with E-state index < -0.39 is 5.60 Å². The van der Waals surface area contributed by atoms with Gasteiger partial charge in [0.2, 0.25) is 0 Å². The Labute approximate surface area is 65.0 Å². The summed E-state index contributed by atoms with van der Waals surface area (Å²) in [6.45, 7) is 3.14. The molecule has 0 aromatic carbocycles. The van der Waals surface area contributed by atoms with E-state index in [9.17, 15) is 5.11 Å². The van der Waals surface area contributed by atoms with Crippen LogP contribution in [0.4, 0.5) is 0 Å². The molecule has 0 unspecified atom stereocenters. The molecule has 0 bridgehead atoms. The third-order valence-electron chi connectivity index (χ3n) is 2.12. The van der Waals surface area contributed by atoms with E-state index in [2.05, 4.69) is 5.32 Å². The minimum Gasteiger partial charge on any atom is -0.466 e. The van der Waals surface area contributed by atoms with Crippen molar-refractivity contribution in [2.45, 2.75) is 12.5 Å². The van der Waals surface area contributed by atoms with Crippen molar-refractivity contribution in [1.82, 2.24) is 5.32 Å². The summed E-state index contributed by atoms with van der Waals surface area (Å²) in [7, 11) is 0. The van der Waals surface area contributed by atoms with Gasteiger partial charge in [-0.3, -0.25) is 0 Å². The summed E-state index contributed by atoms with van der Waals surface area (Å²) in [5, 5.41) is 12.8. The second-order valence-electron chi connectivity index (χ2n) is 3.07. The number of aryl methyl sites for hydroxylation is 1. The van der Waals surface area contributed by atoms with E-state index in [0.717, 1.165) is 5.56 Å². The minimum absolute atomic E-state index is 0.599. The standard InChI is InChI=1S/C8H11NO2/c1-6-2-3-11-7(6)8(10)4-9-5-8/h2-3,9-10H,4-5H2,1H3. The normalized spacial score (nSPS) is 21.3. The fourth-order valence-electron chi connectivity index (χ4n) is 1.37. The summed E-state index contributed by atoms with van der Waals surface area (Å²) in [5.74, 6) is 0.705. The Bertz CT molecular complexity index is 263. The number of furan rings is 1. The van der Waals surface area contributed by atoms with Crippen LogP contribution in [0.3, 0.4) is 0 Å². The van der Waals surface area contributed by atoms with Crippen molar-refractivity contribution in [1.29, 1.82) is 0 Å². The number of hydrogen-bond acceptors (Lipinski definition) is 3. The maximum atomic E-state index is 9.79. The van der Waals surface area contributed by atoms with Crippen LogP contribution in [0.25, 0.3) is 0 Å². The zero-order valence-corrected chi connectivity index (χ0v) is 6.42. The van der Waals surface area contributed by atoms with Gasteiger partial charge in [-0.25, -0.2) is 0 Å². The topological polar surface area (TPSA) is 45.4 Å². The average molecular weight is 153 g/mol. The molecule has 0 amide bonds. The van der Waals surface area contributed by atoms with Crippen molar-refractivity contribution < 1.29 is 9.52 Å². The maximum Gasteiger partial charge on any atom is 0.147 e. The largest absolute Gasteiger partial charge is 0.466 e. The molecule has 11 heavy (non-hydrogen) atoms. The van der Waals surface area contributed by atoms with Crippen molar-refractivity contribution in [3.63, 3.8) is 0 Å². The number of rotatable bonds is 1. The molecule has 1 aliphatic heterocycles. The summed E-state index contributed by atoms with van der Waals surface area (Å²) in [5.41, 5.74) is 0.280. The van der Waals surface area contributed by atoms with E-state index in [1.54, 1.807) is 6.26 Å². The molecule has 2 rings (SSSR count). The molecule has 3 heteroatoms. The molecule has 0 atom stereocenters. The molecule has 0 saturated carbocycles. The molecule has 2 N–H and O–H groups in total. The van der Waals surface area contributed by atoms with Gasteiger partial charge in [-0.2, -0.15) is 0 Å². The van der Waals surface area contributed by atoms with Crippen molar-refractivity contribution in [3.05, 3.63) is 23.7 Å². The van der Waals surface area contributed by atoms with Gasteiger partial charge in [0.15, 0.2) is 0 Å². The fourth-order valence-corrected chi connectivity index (χ4v) is 1.37. The van der Waals surface area contributed by atoms with Crippen molar-refractivity contribution in [2.75, 3.05) is 13.1 Å². The van der Waals surface area contributed by atoms with Crippen LogP contribution in [-0.4, -0.2) is 18.2 Å². The summed E-state index contributed by atoms with van der Waals surface area (Å²) in [6, 6.07) is 1.87. The van der Waals surface area contributed by atoms with Crippen LogP contribution in [0.15, 0.2) is 16.7 Å². The van der Waals surface area contributed by atoms with Crippen molar-refractivity contribution in [2.24, 2.45) is 0 Å². The zero-order valence-electron chi connectivity index (χ0n) is 6.42. The lowest BCUT2D eigenvalue weighted by molar-refractivity contribution is -0.0338. The van der Waals surface area contributed by atoms with Crippen LogP contribution < -0.4 is 5.32 Å². The second-order valence-corrected chi connectivity index (χ2v) is 3.07. The first-order chi connectivity index (χ1) is 5.22. The number of aliphatic hydroxyl groups is 1. The lowest BCUT2D eigenvalue weighted by Crippen LogP contribution is -2.56. The van der Waals surface area contributed by atoms with E-state index in [1.807, 2.05) is 13.0 Å². The Morgan fingerprint density at radius 2 is 2.36 bits per heavy atom. The molecule has 0 aliphatic carbocycles. The number of hydrogen-bond donors (Lipinski definition) is 2. The smallest absolute Gasteiger partial charge is 0.147 e. The van der Waals surface area contributed by atoms with E-state index in [1.165, 1.54) is 0 Å². The van der Waals surface area contributed by atoms with Crippen LogP contribution in [0, 0.1) is 6.92 Å². The van der Waals surface area contributed by atoms with Gasteiger partial charge in [-0.15, -0.1) is 0 Å². The first-order valence-corrected chi connectivity index (χ1v) is 3.70. The molecule has 1 fully saturated rings. The fraction of sp³-hybridized carbons (Fsp3) is 0.500. The van der Waals surface area contributed by atoms with E-state index in [-0.39, 0.29) is 0 Å². The quantitative estimate of drug-likeness (QED) is 0.613. The summed E-state index contributed by atoms with van der Waals surface area (Å²) in [4.78, 5) is 0. The number of nitrogens with one attached hydrogen (secondary N) is 1. The van der Waals surface area contributed by atoms with Crippen LogP contribution in [0.2, 0.25) is 0 Å². The maximum absolute atomic E-state index is 9.79. The molecule has 3 nitrogen and oxygen atoms in total. The minimum atomic E-state index is -0.742. The molecule has 1 aromatic heterocycles. The van der Waals surface area contributed by atoms with Crippen LogP contribution in [0.1, 0.15) is 11.3 Å². The Morgan fingerprint density at radius 3 is 2.73 bits per heavy atom. The van der Waals surface area contributed by atoms with Gasteiger partial charge in [0.1, 0.15) is 11.4 Å². The van der Waals surface area contributed by atoms with Crippen molar-refractivity contribution in [3.8, 4) is 0 Å². The highest BCUT2D eigenvalue weighted by atomic mass is 16.4. The molecular weight excluding hydrogens is 142 g/mol. The lowest BCUT2D eigenvalue weighted by Gasteiger charge is -2.36. The van der Waals surface area contributed by atoms with E-state index in [4.69, 9.17) is 4.42 Å². The molecule has 0 spiro atoms. The molecule has 1 saturated heterocycles. The van der Waals surface area contributed by atoms with Crippen LogP contribution >= 0.6 is 0 Å². The highest BCUT2D eigenvalue weighted by Gasteiger charge is 2.39. The Balaban J connectivity index is 2.35. The number of β-amino-alcohol motifs (C(OH)–C–C–N with tert-alkyl or cyclic N) is 1. The van der Waals surface area contributed by atoms with Gasteiger partial charge < -0.3 is 14.8 Å². The SMILES string of the molecule is Cc1ccoc1C1(O)CNC1. The summed E-state index contributed by atoms with van der Waals surface area (Å²) >= 11 is 0. The average Bonchev–Trinajstić information content (AvgIpc) is 2.30. The molecule has 1 aliphatic rings. The second kappa shape index (κ2) is 2.09. The molecule has 0 radical (unpaired) electrons. The van der Waals surface area contributed by atoms with Gasteiger partial charge in [-0.05, 0) is 18.6 Å². The van der Waals surface area contributed by atoms with Crippen molar-refractivity contribution >= 4 is 0 Å². The Hall–Kier alpha value is -0.800. The lowest BCUT2D eigenvalue weighted by atomic mass is 9.92. The molecular formula is C8H11NO2. The van der Waals surface area contributed by atoms with Gasteiger partial charge in [-0.1, -0.05) is 0 Å². The van der Waals surface area contributed by atoms with Crippen LogP contribution in [-0.2, 0) is 5.60 Å². The van der Waals surface area contributed by atoms with E-state index in [0.29, 0.717) is 18.8 Å². The zero-order chi connectivity index (χ0) is 7.90. The predicted molar refractivity (Wildman–Crippen MR) is 40.2 cm³/mol. The highest BCUT2D eigenvalue weighted by molar-refractivity contribution is 5.24. The van der Waals surface area contributed by atoms with Gasteiger partial charge in [0.25, 0.3) is 0 Å². The monoisotopic (exact) mass is 153 g/mol. The first kappa shape index (κ1) is 6.88. The van der Waals surface area contributed by atoms with E-state index >= 15 is 0 Å². The highest BCUT2D eigenvalue weighted by Crippen LogP contribution is 2.28. The first-order valence-electron chi connectivity index (χ1n) is 3.70. The predicted octanol–water partition coefficient (Wildman–Crippen LogP) is 0.379. The van der Waals surface area contributed by atoms with Gasteiger partial charge in [0.05, 0.1) is 6.26 Å². The summed E-state index contributed by atoms with van der Waals surface area (Å²) < 4.78 is 5.18. The van der Waals surface area contributed by atoms with Crippen LogP contribution in [0.5, 0.6) is 0 Å². The molecule has 60 valence electrons. The Morgan fingerprint density at radius 1 is 1.64 bits per heavy atom. The van der Waals surface area contributed by atoms with Gasteiger partial charge >= 0.3 is 0 Å². The third kappa shape index (κ3) is 0.886. The van der Waals surface area contributed by atoms with Gasteiger partial charge in [0, 0.05) is 13.1 Å². The molecule has 1 aromatic rings. The third-order valence-corrected chi connectivity index (χ3v) is 2.12. The molecule has 2 heterocycles.